The summed E-state index contributed by atoms with van der Waals surface area (Å²) in [6.07, 6.45) is -8.80. The van der Waals surface area contributed by atoms with E-state index in [0.717, 1.165) is 6.42 Å². The van der Waals surface area contributed by atoms with Crippen LogP contribution in [0.1, 0.15) is 19.8 Å². The SMILES string of the molecule is CCCCOCC(COC(F)(F)[CH-]F)OC(F)(F)[CH-]F.[Rf].[Rf]. The van der Waals surface area contributed by atoms with Gasteiger partial charge in [-0.2, -0.15) is 0 Å². The molecule has 0 aliphatic rings. The Labute approximate surface area is 113 Å². The van der Waals surface area contributed by atoms with E-state index >= 15 is 0 Å². The summed E-state index contributed by atoms with van der Waals surface area (Å²) in [7, 11) is 0. The molecule has 0 rings (SSSR count). The van der Waals surface area contributed by atoms with Gasteiger partial charge in [-0.1, -0.05) is 26.7 Å². The second-order valence-corrected chi connectivity index (χ2v) is 3.82. The van der Waals surface area contributed by atoms with Gasteiger partial charge in [0.15, 0.2) is 0 Å². The molecule has 11 heteroatoms. The summed E-state index contributed by atoms with van der Waals surface area (Å²) in [4.78, 5) is 0. The summed E-state index contributed by atoms with van der Waals surface area (Å²) < 4.78 is 86.3. The van der Waals surface area contributed by atoms with Crippen LogP contribution in [-0.2, 0) is 14.2 Å². The Kier molecular flexibility index (Phi) is 12.4. The van der Waals surface area contributed by atoms with Gasteiger partial charge in [-0.3, -0.25) is 0 Å². The van der Waals surface area contributed by atoms with Gasteiger partial charge in [0.2, 0.25) is 0 Å². The molecule has 0 amide bonds. The summed E-state index contributed by atoms with van der Waals surface area (Å²) in [6, 6.07) is 0. The van der Waals surface area contributed by atoms with Gasteiger partial charge in [0, 0.05) is 6.61 Å². The number of rotatable bonds is 12. The van der Waals surface area contributed by atoms with Crippen molar-refractivity contribution in [1.82, 2.24) is 0 Å². The van der Waals surface area contributed by atoms with Crippen LogP contribution in [0.15, 0.2) is 0 Å². The van der Waals surface area contributed by atoms with E-state index in [-0.39, 0.29) is 6.61 Å². The van der Waals surface area contributed by atoms with E-state index in [9.17, 15) is 26.3 Å². The predicted molar refractivity (Wildman–Crippen MR) is 57.3 cm³/mol. The summed E-state index contributed by atoms with van der Waals surface area (Å²) >= 11 is 0. The smallest absolute Gasteiger partial charge is 0.258 e. The minimum absolute atomic E-state index is 0. The van der Waals surface area contributed by atoms with Crippen LogP contribution in [0.4, 0.5) is 26.3 Å². The number of alkyl halides is 4. The van der Waals surface area contributed by atoms with E-state index in [1.165, 1.54) is 0 Å². The number of unbranched alkanes of at least 4 members (excludes halogenated alkanes) is 1. The molecule has 1 atom stereocenters. The molecule has 0 aromatic heterocycles. The van der Waals surface area contributed by atoms with E-state index in [1.807, 2.05) is 6.92 Å². The van der Waals surface area contributed by atoms with Crippen LogP contribution >= 0.6 is 0 Å². The van der Waals surface area contributed by atoms with Crippen molar-refractivity contribution in [2.24, 2.45) is 0 Å². The fraction of sp³-hybridized carbons (Fsp3) is 0.818. The van der Waals surface area contributed by atoms with Crippen molar-refractivity contribution in [2.75, 3.05) is 19.8 Å². The molecular formula is C11H16F6O3Rf2-2. The first-order valence-electron chi connectivity index (χ1n) is 5.80. The van der Waals surface area contributed by atoms with E-state index < -0.39 is 44.9 Å². The van der Waals surface area contributed by atoms with E-state index in [0.29, 0.717) is 6.42 Å². The average Bonchev–Trinajstić information content (AvgIpc) is 2.40. The molecule has 0 aliphatic carbocycles. The third-order valence-corrected chi connectivity index (χ3v) is 1.99. The van der Waals surface area contributed by atoms with E-state index in [4.69, 9.17) is 4.74 Å². The van der Waals surface area contributed by atoms with Crippen molar-refractivity contribution >= 4 is 0 Å². The number of hydrogen-bond donors (Lipinski definition) is 0. The Morgan fingerprint density at radius 1 is 0.955 bits per heavy atom. The molecule has 0 aromatic rings. The second-order valence-electron chi connectivity index (χ2n) is 3.82. The van der Waals surface area contributed by atoms with Crippen molar-refractivity contribution in [1.29, 1.82) is 0 Å². The number of hydrogen-bond acceptors (Lipinski definition) is 3. The van der Waals surface area contributed by atoms with Gasteiger partial charge in [0.05, 0.1) is 13.2 Å². The first-order valence-corrected chi connectivity index (χ1v) is 5.80. The second kappa shape index (κ2) is 11.2. The van der Waals surface area contributed by atoms with Crippen LogP contribution < -0.4 is 0 Å². The molecule has 0 fully saturated rings. The molecule has 0 N–H and O–H groups in total. The molecule has 0 saturated carbocycles. The van der Waals surface area contributed by atoms with Gasteiger partial charge in [-0.05, 0) is 6.42 Å². The Balaban J connectivity index is -0.00000180. The van der Waals surface area contributed by atoms with Gasteiger partial charge in [-0.15, -0.1) is 0 Å². The first-order chi connectivity index (χ1) is 9.26. The molecule has 0 spiro atoms. The molecular weight excluding hydrogens is 828 g/mol. The number of halogens is 6. The fourth-order valence-electron chi connectivity index (χ4n) is 1.06. The molecule has 0 radical (unpaired) electrons. The monoisotopic (exact) mass is 844 g/mol. The normalized spacial score (nSPS) is 13.2. The molecule has 0 saturated heterocycles. The van der Waals surface area contributed by atoms with Gasteiger partial charge < -0.3 is 23.0 Å². The van der Waals surface area contributed by atoms with Crippen molar-refractivity contribution < 1.29 is 40.6 Å². The molecule has 1 unspecified atom stereocenters. The zero-order chi connectivity index (χ0) is 15.6. The quantitative estimate of drug-likeness (QED) is 0.171. The number of ether oxygens (including phenoxy) is 3. The topological polar surface area (TPSA) is 27.7 Å². The maximum Gasteiger partial charge on any atom is 0.258 e. The minimum atomic E-state index is -4.27. The largest absolute Gasteiger partial charge is 0.451 e. The van der Waals surface area contributed by atoms with Crippen molar-refractivity contribution in [2.45, 2.75) is 38.1 Å². The molecule has 22 heavy (non-hydrogen) atoms. The third kappa shape index (κ3) is 11.3. The van der Waals surface area contributed by atoms with Crippen LogP contribution in [-0.4, -0.2) is 38.1 Å². The zero-order valence-corrected chi connectivity index (χ0v) is 25.0. The Bertz CT molecular complexity index is 262. The molecule has 126 valence electrons. The zero-order valence-electron chi connectivity index (χ0n) is 12.2. The first kappa shape index (κ1) is 24.5. The van der Waals surface area contributed by atoms with Crippen molar-refractivity contribution in [3.8, 4) is 0 Å². The van der Waals surface area contributed by atoms with Gasteiger partial charge in [0.25, 0.3) is 12.2 Å². The molecule has 0 heterocycles. The van der Waals surface area contributed by atoms with Crippen molar-refractivity contribution in [3.05, 3.63) is 13.3 Å². The summed E-state index contributed by atoms with van der Waals surface area (Å²) in [5.74, 6) is 0. The van der Waals surface area contributed by atoms with Crippen LogP contribution in [0.3, 0.4) is 0 Å². The average molecular weight is 844 g/mol. The Morgan fingerprint density at radius 3 is 1.95 bits per heavy atom. The molecule has 3 nitrogen and oxygen atoms in total. The standard InChI is InChI=1S/C11H16F6O3.2Rf/c1-2-3-4-18-5-9(20-11(16,17)8-13)6-19-10(14,15)7-12;;/h7-9H,2-6H2,1H3;;/q-2;;. The molecule has 0 aromatic carbocycles. The van der Waals surface area contributed by atoms with Crippen LogP contribution in [0.5, 0.6) is 0 Å². The van der Waals surface area contributed by atoms with Gasteiger partial charge in [-0.25, -0.2) is 17.6 Å². The van der Waals surface area contributed by atoms with Crippen LogP contribution in [0.2, 0.25) is 0 Å². The van der Waals surface area contributed by atoms with Crippen LogP contribution in [0.25, 0.3) is 0 Å². The Morgan fingerprint density at radius 2 is 1.50 bits per heavy atom. The summed E-state index contributed by atoms with van der Waals surface area (Å²) in [5, 5.41) is 0. The van der Waals surface area contributed by atoms with Crippen molar-refractivity contribution in [3.63, 3.8) is 0 Å². The minimum Gasteiger partial charge on any atom is -0.451 e. The van der Waals surface area contributed by atoms with Crippen LogP contribution in [0, 0.1) is 13.3 Å². The molecule has 0 aliphatic heterocycles. The third-order valence-electron chi connectivity index (χ3n) is 1.99. The maximum atomic E-state index is 12.6. The summed E-state index contributed by atoms with van der Waals surface area (Å²) in [5.41, 5.74) is 0. The maximum absolute atomic E-state index is 12.6. The Hall–Kier alpha value is -2.54. The van der Waals surface area contributed by atoms with E-state index in [2.05, 4.69) is 9.47 Å². The van der Waals surface area contributed by atoms with Gasteiger partial charge in [0.1, 0.15) is 6.10 Å². The summed E-state index contributed by atoms with van der Waals surface area (Å²) in [6.45, 7) is -1.65. The molecule has 0 bridgehead atoms. The predicted octanol–water partition coefficient (Wildman–Crippen LogP) is 3.65. The fourth-order valence-corrected chi connectivity index (χ4v) is 1.06. The van der Waals surface area contributed by atoms with Gasteiger partial charge >= 0.3 is 0 Å². The van der Waals surface area contributed by atoms with E-state index in [1.54, 1.807) is 0 Å².